The van der Waals surface area contributed by atoms with E-state index in [9.17, 15) is 14.4 Å². The topological polar surface area (TPSA) is 90.3 Å². The fraction of sp³-hybridized carbons (Fsp3) is 0.636. The number of hydrogen-bond acceptors (Lipinski definition) is 5. The quantitative estimate of drug-likeness (QED) is 0.541. The molecule has 18 heavy (non-hydrogen) atoms. The lowest BCUT2D eigenvalue weighted by molar-refractivity contribution is -0.144. The molecule has 1 N–H and O–H groups in total. The second kappa shape index (κ2) is 5.72. The second-order valence-electron chi connectivity index (χ2n) is 3.96. The third kappa shape index (κ3) is 2.40. The summed E-state index contributed by atoms with van der Waals surface area (Å²) >= 11 is 0. The van der Waals surface area contributed by atoms with Crippen LogP contribution >= 0.6 is 0 Å². The van der Waals surface area contributed by atoms with Crippen LogP contribution in [0.2, 0.25) is 0 Å². The van der Waals surface area contributed by atoms with Crippen molar-refractivity contribution in [2.45, 2.75) is 13.3 Å². The Bertz CT molecular complexity index is 381. The summed E-state index contributed by atoms with van der Waals surface area (Å²) in [4.78, 5) is 41.4. The number of aliphatic hydroxyl groups is 1. The Morgan fingerprint density at radius 1 is 1.22 bits per heavy atom. The van der Waals surface area contributed by atoms with Crippen LogP contribution in [0.4, 0.5) is 4.79 Å². The predicted octanol–water partition coefficient (Wildman–Crippen LogP) is -0.504. The minimum atomic E-state index is -1.05. The van der Waals surface area contributed by atoms with Gasteiger partial charge >= 0.3 is 6.03 Å². The maximum atomic E-state index is 12.0. The van der Waals surface area contributed by atoms with E-state index < -0.39 is 23.8 Å². The molecule has 0 saturated carbocycles. The lowest BCUT2D eigenvalue weighted by atomic mass is 9.96. The maximum absolute atomic E-state index is 12.0. The van der Waals surface area contributed by atoms with Crippen LogP contribution in [0.3, 0.4) is 0 Å². The van der Waals surface area contributed by atoms with Crippen LogP contribution in [0.5, 0.6) is 0 Å². The summed E-state index contributed by atoms with van der Waals surface area (Å²) in [6.07, 6.45) is 0.415. The summed E-state index contributed by atoms with van der Waals surface area (Å²) < 4.78 is 0. The first-order chi connectivity index (χ1) is 8.45. The van der Waals surface area contributed by atoms with E-state index in [1.165, 1.54) is 14.1 Å². The molecule has 100 valence electrons. The summed E-state index contributed by atoms with van der Waals surface area (Å²) in [6.45, 7) is 1.76. The number of aliphatic imine (C=N–C) groups is 1. The fourth-order valence-corrected chi connectivity index (χ4v) is 1.79. The van der Waals surface area contributed by atoms with E-state index in [2.05, 4.69) is 4.99 Å². The van der Waals surface area contributed by atoms with Crippen LogP contribution in [0.1, 0.15) is 13.3 Å². The van der Waals surface area contributed by atoms with Gasteiger partial charge in [0.25, 0.3) is 0 Å². The van der Waals surface area contributed by atoms with Gasteiger partial charge in [-0.25, -0.2) is 4.79 Å². The van der Waals surface area contributed by atoms with Crippen molar-refractivity contribution in [2.24, 2.45) is 10.9 Å². The molecule has 7 heteroatoms. The number of amides is 4. The van der Waals surface area contributed by atoms with Crippen molar-refractivity contribution in [3.05, 3.63) is 0 Å². The Morgan fingerprint density at radius 3 is 2.11 bits per heavy atom. The van der Waals surface area contributed by atoms with Crippen molar-refractivity contribution < 1.29 is 19.5 Å². The molecule has 1 aliphatic heterocycles. The Balaban J connectivity index is 3.09. The monoisotopic (exact) mass is 255 g/mol. The Hall–Kier alpha value is -1.76. The normalized spacial score (nSPS) is 18.9. The number of barbiturate groups is 1. The lowest BCUT2D eigenvalue weighted by Crippen LogP contribution is -2.58. The third-order valence-corrected chi connectivity index (χ3v) is 2.84. The first-order valence-corrected chi connectivity index (χ1v) is 5.68. The van der Waals surface area contributed by atoms with Crippen LogP contribution in [0.15, 0.2) is 4.99 Å². The molecule has 4 amide bonds. The lowest BCUT2D eigenvalue weighted by Gasteiger charge is -2.33. The number of urea groups is 1. The van der Waals surface area contributed by atoms with E-state index in [0.29, 0.717) is 12.1 Å². The maximum Gasteiger partial charge on any atom is 0.332 e. The summed E-state index contributed by atoms with van der Waals surface area (Å²) in [5.74, 6) is -2.18. The zero-order chi connectivity index (χ0) is 13.9. The Labute approximate surface area is 105 Å². The van der Waals surface area contributed by atoms with Gasteiger partial charge in [0.05, 0.1) is 13.2 Å². The van der Waals surface area contributed by atoms with E-state index in [1.807, 2.05) is 0 Å². The average molecular weight is 255 g/mol. The smallest absolute Gasteiger partial charge is 0.332 e. The van der Waals surface area contributed by atoms with Gasteiger partial charge in [0.1, 0.15) is 0 Å². The van der Waals surface area contributed by atoms with Gasteiger partial charge in [-0.1, -0.05) is 6.92 Å². The van der Waals surface area contributed by atoms with E-state index >= 15 is 0 Å². The zero-order valence-electron chi connectivity index (χ0n) is 10.7. The van der Waals surface area contributed by atoms with E-state index in [1.54, 1.807) is 6.92 Å². The predicted molar refractivity (Wildman–Crippen MR) is 64.1 cm³/mol. The average Bonchev–Trinajstić information content (AvgIpc) is 2.38. The van der Waals surface area contributed by atoms with Gasteiger partial charge in [-0.2, -0.15) is 0 Å². The molecule has 1 aliphatic rings. The number of imide groups is 2. The van der Waals surface area contributed by atoms with Gasteiger partial charge in [0.2, 0.25) is 11.8 Å². The van der Waals surface area contributed by atoms with Crippen molar-refractivity contribution in [3.63, 3.8) is 0 Å². The van der Waals surface area contributed by atoms with Crippen LogP contribution < -0.4 is 0 Å². The molecule has 0 aromatic carbocycles. The largest absolute Gasteiger partial charge is 0.394 e. The van der Waals surface area contributed by atoms with Crippen molar-refractivity contribution in [1.29, 1.82) is 0 Å². The molecule has 0 aromatic heterocycles. The van der Waals surface area contributed by atoms with Gasteiger partial charge in [0, 0.05) is 19.8 Å². The van der Waals surface area contributed by atoms with Gasteiger partial charge < -0.3 is 5.11 Å². The second-order valence-corrected chi connectivity index (χ2v) is 3.96. The molecule has 0 spiro atoms. The molecular formula is C11H17N3O4. The van der Waals surface area contributed by atoms with E-state index in [4.69, 9.17) is 5.11 Å². The molecule has 0 unspecified atom stereocenters. The van der Waals surface area contributed by atoms with Gasteiger partial charge in [-0.15, -0.1) is 0 Å². The molecule has 1 rings (SSSR count). The van der Waals surface area contributed by atoms with Gasteiger partial charge in [0.15, 0.2) is 5.92 Å². The van der Waals surface area contributed by atoms with Crippen LogP contribution in [-0.4, -0.2) is 65.7 Å². The van der Waals surface area contributed by atoms with Crippen molar-refractivity contribution >= 4 is 23.6 Å². The first kappa shape index (κ1) is 14.3. The number of carbonyl (C=O) groups excluding carboxylic acids is 3. The molecule has 1 fully saturated rings. The number of aliphatic hydroxyl groups excluding tert-OH is 1. The van der Waals surface area contributed by atoms with Crippen molar-refractivity contribution in [3.8, 4) is 0 Å². The van der Waals surface area contributed by atoms with E-state index in [0.717, 1.165) is 9.80 Å². The van der Waals surface area contributed by atoms with Gasteiger partial charge in [-0.3, -0.25) is 24.4 Å². The van der Waals surface area contributed by atoms with Crippen molar-refractivity contribution in [1.82, 2.24) is 9.80 Å². The summed E-state index contributed by atoms with van der Waals surface area (Å²) in [5, 5.41) is 8.73. The highest BCUT2D eigenvalue weighted by Crippen LogP contribution is 2.18. The Morgan fingerprint density at radius 2 is 1.72 bits per heavy atom. The van der Waals surface area contributed by atoms with Crippen LogP contribution in [0.25, 0.3) is 0 Å². The van der Waals surface area contributed by atoms with Gasteiger partial charge in [-0.05, 0) is 6.42 Å². The zero-order valence-corrected chi connectivity index (χ0v) is 10.7. The van der Waals surface area contributed by atoms with Crippen LogP contribution in [-0.2, 0) is 9.59 Å². The molecule has 1 saturated heterocycles. The molecule has 0 aliphatic carbocycles. The summed E-state index contributed by atoms with van der Waals surface area (Å²) in [6, 6.07) is -0.640. The van der Waals surface area contributed by atoms with Crippen molar-refractivity contribution in [2.75, 3.05) is 27.2 Å². The highest BCUT2D eigenvalue weighted by Gasteiger charge is 2.44. The fourth-order valence-electron chi connectivity index (χ4n) is 1.79. The highest BCUT2D eigenvalue weighted by atomic mass is 16.3. The first-order valence-electron chi connectivity index (χ1n) is 5.68. The molecule has 0 radical (unpaired) electrons. The molecule has 0 atom stereocenters. The number of carbonyl (C=O) groups is 3. The molecular weight excluding hydrogens is 238 g/mol. The SMILES string of the molecule is CCC(=NCCO)C1C(=O)N(C)C(=O)N(C)C1=O. The van der Waals surface area contributed by atoms with Crippen LogP contribution in [0, 0.1) is 5.92 Å². The third-order valence-electron chi connectivity index (χ3n) is 2.84. The summed E-state index contributed by atoms with van der Waals surface area (Å²) in [5.41, 5.74) is 0.394. The Kier molecular flexibility index (Phi) is 4.55. The molecule has 0 aromatic rings. The number of nitrogens with zero attached hydrogens (tertiary/aromatic N) is 3. The molecule has 1 heterocycles. The molecule has 0 bridgehead atoms. The summed E-state index contributed by atoms with van der Waals surface area (Å²) in [7, 11) is 2.67. The standard InChI is InChI=1S/C11H17N3O4/c1-4-7(12-5-6-15)8-9(16)13(2)11(18)14(3)10(8)17/h8,15H,4-6H2,1-3H3. The minimum absolute atomic E-state index is 0.140. The minimum Gasteiger partial charge on any atom is -0.394 e. The van der Waals surface area contributed by atoms with E-state index in [-0.39, 0.29) is 13.2 Å². The number of hydrogen-bond donors (Lipinski definition) is 1. The number of rotatable bonds is 4. The highest BCUT2D eigenvalue weighted by molar-refractivity contribution is 6.27. The molecule has 7 nitrogen and oxygen atoms in total.